The lowest BCUT2D eigenvalue weighted by molar-refractivity contribution is -0.118. The van der Waals surface area contributed by atoms with Gasteiger partial charge in [0.05, 0.1) is 12.5 Å². The van der Waals surface area contributed by atoms with Crippen LogP contribution in [0.2, 0.25) is 0 Å². The Bertz CT molecular complexity index is 1580. The molecule has 1 heterocycles. The van der Waals surface area contributed by atoms with Crippen LogP contribution >= 0.6 is 0 Å². The molecular weight excluding hydrogens is 470 g/mol. The minimum Gasteiger partial charge on any atom is -0.508 e. The van der Waals surface area contributed by atoms with Gasteiger partial charge in [0.2, 0.25) is 5.91 Å². The molecule has 1 unspecified atom stereocenters. The normalized spacial score (nSPS) is 14.4. The van der Waals surface area contributed by atoms with Crippen molar-refractivity contribution in [3.63, 3.8) is 0 Å². The first-order chi connectivity index (χ1) is 18.7. The predicted molar refractivity (Wildman–Crippen MR) is 150 cm³/mol. The standard InChI is InChI=1S/C34H27NO3/c36-32-20-19-27(38-23-24-11-3-1-4-12-24)21-30(32)33-29-17-9-10-18-31(29)35(34(33)37)22-26-15-7-8-16-28(26)25-13-5-2-6-14-25/h1-21,33,36H,22-23H2. The summed E-state index contributed by atoms with van der Waals surface area (Å²) in [5, 5.41) is 10.9. The highest BCUT2D eigenvalue weighted by Gasteiger charge is 2.39. The monoisotopic (exact) mass is 497 g/mol. The van der Waals surface area contributed by atoms with Gasteiger partial charge in [0.25, 0.3) is 0 Å². The number of hydrogen-bond acceptors (Lipinski definition) is 3. The second-order valence-electron chi connectivity index (χ2n) is 9.43. The number of phenols is 1. The molecule has 1 N–H and O–H groups in total. The van der Waals surface area contributed by atoms with Gasteiger partial charge in [-0.15, -0.1) is 0 Å². The van der Waals surface area contributed by atoms with Crippen molar-refractivity contribution in [3.05, 3.63) is 150 Å². The smallest absolute Gasteiger partial charge is 0.239 e. The summed E-state index contributed by atoms with van der Waals surface area (Å²) in [5.41, 5.74) is 6.61. The fourth-order valence-electron chi connectivity index (χ4n) is 5.17. The number of fused-ring (bicyclic) bond motifs is 1. The van der Waals surface area contributed by atoms with Crippen LogP contribution in [-0.2, 0) is 17.9 Å². The van der Waals surface area contributed by atoms with Crippen LogP contribution < -0.4 is 9.64 Å². The van der Waals surface area contributed by atoms with Crippen molar-refractivity contribution in [2.24, 2.45) is 0 Å². The molecule has 1 atom stereocenters. The maximum Gasteiger partial charge on any atom is 0.239 e. The Morgan fingerprint density at radius 1 is 0.711 bits per heavy atom. The van der Waals surface area contributed by atoms with Crippen molar-refractivity contribution in [2.45, 2.75) is 19.1 Å². The van der Waals surface area contributed by atoms with E-state index in [1.54, 1.807) is 18.2 Å². The molecule has 4 nitrogen and oxygen atoms in total. The summed E-state index contributed by atoms with van der Waals surface area (Å²) < 4.78 is 6.02. The fraction of sp³-hybridized carbons (Fsp3) is 0.0882. The second-order valence-corrected chi connectivity index (χ2v) is 9.43. The van der Waals surface area contributed by atoms with Crippen LogP contribution in [0.15, 0.2) is 127 Å². The lowest BCUT2D eigenvalue weighted by atomic mass is 9.91. The van der Waals surface area contributed by atoms with Gasteiger partial charge in [0.1, 0.15) is 18.1 Å². The van der Waals surface area contributed by atoms with E-state index in [-0.39, 0.29) is 11.7 Å². The van der Waals surface area contributed by atoms with Crippen molar-refractivity contribution in [1.82, 2.24) is 0 Å². The maximum atomic E-state index is 14.0. The number of phenolic OH excluding ortho intramolecular Hbond substituents is 1. The summed E-state index contributed by atoms with van der Waals surface area (Å²) in [6, 6.07) is 41.3. The zero-order valence-corrected chi connectivity index (χ0v) is 20.8. The molecule has 0 aliphatic carbocycles. The van der Waals surface area contributed by atoms with Crippen LogP contribution in [0.5, 0.6) is 11.5 Å². The number of benzene rings is 5. The van der Waals surface area contributed by atoms with Gasteiger partial charge < -0.3 is 14.7 Å². The molecule has 186 valence electrons. The van der Waals surface area contributed by atoms with E-state index < -0.39 is 5.92 Å². The van der Waals surface area contributed by atoms with Gasteiger partial charge in [-0.3, -0.25) is 4.79 Å². The number of hydrogen-bond donors (Lipinski definition) is 1. The molecule has 0 radical (unpaired) electrons. The number of anilines is 1. The molecule has 1 amide bonds. The fourth-order valence-corrected chi connectivity index (χ4v) is 5.17. The summed E-state index contributed by atoms with van der Waals surface area (Å²) in [4.78, 5) is 15.9. The molecule has 38 heavy (non-hydrogen) atoms. The Balaban J connectivity index is 1.33. The Hall–Kier alpha value is -4.83. The van der Waals surface area contributed by atoms with Gasteiger partial charge in [-0.1, -0.05) is 103 Å². The van der Waals surface area contributed by atoms with Gasteiger partial charge in [0, 0.05) is 11.3 Å². The molecule has 0 spiro atoms. The summed E-state index contributed by atoms with van der Waals surface area (Å²) in [6.45, 7) is 0.838. The quantitative estimate of drug-likeness (QED) is 0.256. The lowest BCUT2D eigenvalue weighted by Crippen LogP contribution is -2.29. The van der Waals surface area contributed by atoms with Crippen LogP contribution in [0.1, 0.15) is 28.2 Å². The van der Waals surface area contributed by atoms with E-state index in [0.29, 0.717) is 24.5 Å². The molecule has 0 saturated carbocycles. The third kappa shape index (κ3) is 4.53. The molecule has 0 aromatic heterocycles. The Morgan fingerprint density at radius 2 is 1.39 bits per heavy atom. The first kappa shape index (κ1) is 23.6. The number of carbonyl (C=O) groups excluding carboxylic acids is 1. The molecule has 5 aromatic carbocycles. The summed E-state index contributed by atoms with van der Waals surface area (Å²) >= 11 is 0. The van der Waals surface area contributed by atoms with Crippen LogP contribution in [0.4, 0.5) is 5.69 Å². The number of aromatic hydroxyl groups is 1. The van der Waals surface area contributed by atoms with E-state index in [0.717, 1.165) is 33.5 Å². The predicted octanol–water partition coefficient (Wildman–Crippen LogP) is 7.32. The zero-order valence-electron chi connectivity index (χ0n) is 20.8. The highest BCUT2D eigenvalue weighted by atomic mass is 16.5. The lowest BCUT2D eigenvalue weighted by Gasteiger charge is -2.21. The van der Waals surface area contributed by atoms with E-state index in [1.807, 2.05) is 89.8 Å². The van der Waals surface area contributed by atoms with Crippen LogP contribution in [0.25, 0.3) is 11.1 Å². The summed E-state index contributed by atoms with van der Waals surface area (Å²) in [6.07, 6.45) is 0. The number of ether oxygens (including phenoxy) is 1. The molecule has 6 rings (SSSR count). The SMILES string of the molecule is O=C1C(c2cc(OCc3ccccc3)ccc2O)c2ccccc2N1Cc1ccccc1-c1ccccc1. The van der Waals surface area contributed by atoms with Crippen LogP contribution in [0.3, 0.4) is 0 Å². The number of para-hydroxylation sites is 1. The Kier molecular flexibility index (Phi) is 6.37. The molecule has 0 saturated heterocycles. The van der Waals surface area contributed by atoms with E-state index in [1.165, 1.54) is 0 Å². The average molecular weight is 498 g/mol. The topological polar surface area (TPSA) is 49.8 Å². The molecule has 0 fully saturated rings. The molecule has 1 aliphatic heterocycles. The van der Waals surface area contributed by atoms with Crippen molar-refractivity contribution in [2.75, 3.05) is 4.90 Å². The molecule has 5 aromatic rings. The van der Waals surface area contributed by atoms with Crippen molar-refractivity contribution >= 4 is 11.6 Å². The molecule has 4 heteroatoms. The van der Waals surface area contributed by atoms with Gasteiger partial charge >= 0.3 is 0 Å². The summed E-state index contributed by atoms with van der Waals surface area (Å²) in [7, 11) is 0. The number of amides is 1. The third-order valence-electron chi connectivity index (χ3n) is 7.04. The number of nitrogens with zero attached hydrogens (tertiary/aromatic N) is 1. The first-order valence-electron chi connectivity index (χ1n) is 12.7. The molecule has 1 aliphatic rings. The molecule has 0 bridgehead atoms. The van der Waals surface area contributed by atoms with Gasteiger partial charge in [-0.05, 0) is 52.1 Å². The van der Waals surface area contributed by atoms with E-state index in [4.69, 9.17) is 4.74 Å². The van der Waals surface area contributed by atoms with Gasteiger partial charge in [0.15, 0.2) is 0 Å². The van der Waals surface area contributed by atoms with Gasteiger partial charge in [-0.25, -0.2) is 0 Å². The number of rotatable bonds is 7. The second kappa shape index (κ2) is 10.3. The van der Waals surface area contributed by atoms with Crippen molar-refractivity contribution in [3.8, 4) is 22.6 Å². The first-order valence-corrected chi connectivity index (χ1v) is 12.7. The molecular formula is C34H27NO3. The Morgan fingerprint density at radius 3 is 2.21 bits per heavy atom. The van der Waals surface area contributed by atoms with E-state index >= 15 is 0 Å². The van der Waals surface area contributed by atoms with Crippen molar-refractivity contribution < 1.29 is 14.6 Å². The average Bonchev–Trinajstić information content (AvgIpc) is 3.24. The summed E-state index contributed by atoms with van der Waals surface area (Å²) in [5.74, 6) is 0.0106. The Labute approximate surface area is 222 Å². The number of carbonyl (C=O) groups is 1. The largest absolute Gasteiger partial charge is 0.508 e. The highest BCUT2D eigenvalue weighted by Crippen LogP contribution is 2.45. The van der Waals surface area contributed by atoms with E-state index in [2.05, 4.69) is 24.3 Å². The highest BCUT2D eigenvalue weighted by molar-refractivity contribution is 6.07. The maximum absolute atomic E-state index is 14.0. The zero-order chi connectivity index (χ0) is 25.9. The van der Waals surface area contributed by atoms with Crippen molar-refractivity contribution in [1.29, 1.82) is 0 Å². The third-order valence-corrected chi connectivity index (χ3v) is 7.04. The minimum atomic E-state index is -0.615. The van der Waals surface area contributed by atoms with E-state index in [9.17, 15) is 9.90 Å². The van der Waals surface area contributed by atoms with Crippen LogP contribution in [0, 0.1) is 0 Å². The van der Waals surface area contributed by atoms with Gasteiger partial charge in [-0.2, -0.15) is 0 Å². The minimum absolute atomic E-state index is 0.0652. The van der Waals surface area contributed by atoms with Crippen LogP contribution in [-0.4, -0.2) is 11.0 Å².